The fraction of sp³-hybridized carbons (Fsp3) is 0.867. The molecule has 122 valence electrons. The Morgan fingerprint density at radius 2 is 2.05 bits per heavy atom. The van der Waals surface area contributed by atoms with Crippen molar-refractivity contribution in [3.8, 4) is 0 Å². The van der Waals surface area contributed by atoms with Crippen LogP contribution in [0.3, 0.4) is 0 Å². The van der Waals surface area contributed by atoms with Gasteiger partial charge in [-0.1, -0.05) is 12.8 Å². The molecule has 0 aromatic rings. The molecule has 1 saturated heterocycles. The molecular formula is C15H28IN3O2. The maximum absolute atomic E-state index is 11.2. The summed E-state index contributed by atoms with van der Waals surface area (Å²) in [6, 6.07) is 0. The van der Waals surface area contributed by atoms with Crippen LogP contribution < -0.4 is 5.32 Å². The van der Waals surface area contributed by atoms with Gasteiger partial charge in [0.05, 0.1) is 20.1 Å². The smallest absolute Gasteiger partial charge is 0.307 e. The van der Waals surface area contributed by atoms with E-state index in [1.54, 1.807) is 0 Å². The van der Waals surface area contributed by atoms with E-state index in [1.807, 2.05) is 0 Å². The minimum atomic E-state index is -0.196. The second-order valence-electron chi connectivity index (χ2n) is 5.94. The number of halogens is 1. The number of hydrogen-bond acceptors (Lipinski definition) is 3. The van der Waals surface area contributed by atoms with Gasteiger partial charge in [-0.3, -0.25) is 9.79 Å². The highest BCUT2D eigenvalue weighted by atomic mass is 127. The Hall–Kier alpha value is -0.530. The first-order valence-corrected chi connectivity index (χ1v) is 7.79. The molecule has 1 saturated carbocycles. The summed E-state index contributed by atoms with van der Waals surface area (Å²) < 4.78 is 4.65. The topological polar surface area (TPSA) is 53.9 Å². The number of methoxy groups -OCH3 is 1. The lowest BCUT2D eigenvalue weighted by molar-refractivity contribution is -0.140. The average molecular weight is 409 g/mol. The summed E-state index contributed by atoms with van der Waals surface area (Å²) >= 11 is 0. The Labute approximate surface area is 144 Å². The first kappa shape index (κ1) is 18.5. The van der Waals surface area contributed by atoms with Gasteiger partial charge in [0.1, 0.15) is 0 Å². The van der Waals surface area contributed by atoms with E-state index in [2.05, 4.69) is 26.9 Å². The quantitative estimate of drug-likeness (QED) is 0.335. The maximum Gasteiger partial charge on any atom is 0.307 e. The number of nitrogens with one attached hydrogen (secondary N) is 1. The number of rotatable bonds is 4. The number of guanidine groups is 1. The van der Waals surface area contributed by atoms with Crippen LogP contribution in [0.1, 0.15) is 45.4 Å². The molecule has 1 heterocycles. The van der Waals surface area contributed by atoms with Crippen molar-refractivity contribution in [2.45, 2.75) is 45.4 Å². The SMILES string of the molecule is CCNC(=NCCC(=O)OC)N1CCC2(CCCC2)C1.I. The van der Waals surface area contributed by atoms with Gasteiger partial charge in [0.25, 0.3) is 0 Å². The summed E-state index contributed by atoms with van der Waals surface area (Å²) in [5.74, 6) is 0.762. The molecule has 21 heavy (non-hydrogen) atoms. The summed E-state index contributed by atoms with van der Waals surface area (Å²) in [6.07, 6.45) is 7.13. The molecular weight excluding hydrogens is 381 g/mol. The van der Waals surface area contributed by atoms with E-state index in [1.165, 1.54) is 39.2 Å². The van der Waals surface area contributed by atoms with Crippen molar-refractivity contribution in [2.24, 2.45) is 10.4 Å². The third-order valence-corrected chi connectivity index (χ3v) is 4.54. The summed E-state index contributed by atoms with van der Waals surface area (Å²) in [4.78, 5) is 18.1. The van der Waals surface area contributed by atoms with E-state index < -0.39 is 0 Å². The van der Waals surface area contributed by atoms with Crippen molar-refractivity contribution in [3.05, 3.63) is 0 Å². The Bertz CT molecular complexity index is 368. The first-order valence-electron chi connectivity index (χ1n) is 7.79. The molecule has 6 heteroatoms. The molecule has 2 fully saturated rings. The fourth-order valence-electron chi connectivity index (χ4n) is 3.43. The predicted molar refractivity (Wildman–Crippen MR) is 95.1 cm³/mol. The molecule has 2 rings (SSSR count). The minimum Gasteiger partial charge on any atom is -0.469 e. The lowest BCUT2D eigenvalue weighted by Crippen LogP contribution is -2.41. The van der Waals surface area contributed by atoms with Crippen LogP contribution >= 0.6 is 24.0 Å². The van der Waals surface area contributed by atoms with E-state index in [0.29, 0.717) is 18.4 Å². The van der Waals surface area contributed by atoms with E-state index in [9.17, 15) is 4.79 Å². The van der Waals surface area contributed by atoms with Crippen molar-refractivity contribution in [2.75, 3.05) is 33.3 Å². The van der Waals surface area contributed by atoms with Crippen molar-refractivity contribution < 1.29 is 9.53 Å². The van der Waals surface area contributed by atoms with Gasteiger partial charge in [0.15, 0.2) is 5.96 Å². The number of carbonyl (C=O) groups is 1. The normalized spacial score (nSPS) is 20.5. The monoisotopic (exact) mass is 409 g/mol. The van der Waals surface area contributed by atoms with E-state index in [-0.39, 0.29) is 29.9 Å². The van der Waals surface area contributed by atoms with Crippen LogP contribution in [0.15, 0.2) is 4.99 Å². The summed E-state index contributed by atoms with van der Waals surface area (Å²) in [7, 11) is 1.42. The van der Waals surface area contributed by atoms with Crippen molar-refractivity contribution in [1.82, 2.24) is 10.2 Å². The van der Waals surface area contributed by atoms with Crippen LogP contribution in [-0.4, -0.2) is 50.1 Å². The number of ether oxygens (including phenoxy) is 1. The number of aliphatic imine (C=N–C) groups is 1. The van der Waals surface area contributed by atoms with Crippen LogP contribution in [-0.2, 0) is 9.53 Å². The fourth-order valence-corrected chi connectivity index (χ4v) is 3.43. The Morgan fingerprint density at radius 1 is 1.33 bits per heavy atom. The molecule has 0 amide bonds. The highest BCUT2D eigenvalue weighted by Gasteiger charge is 2.41. The van der Waals surface area contributed by atoms with Crippen LogP contribution in [0.4, 0.5) is 0 Å². The van der Waals surface area contributed by atoms with Crippen molar-refractivity contribution in [1.29, 1.82) is 0 Å². The zero-order valence-electron chi connectivity index (χ0n) is 13.2. The van der Waals surface area contributed by atoms with Crippen LogP contribution in [0.5, 0.6) is 0 Å². The zero-order chi connectivity index (χ0) is 14.4. The van der Waals surface area contributed by atoms with Gasteiger partial charge in [-0.15, -0.1) is 24.0 Å². The number of nitrogens with zero attached hydrogens (tertiary/aromatic N) is 2. The second-order valence-corrected chi connectivity index (χ2v) is 5.94. The highest BCUT2D eigenvalue weighted by molar-refractivity contribution is 14.0. The number of esters is 1. The largest absolute Gasteiger partial charge is 0.469 e. The van der Waals surface area contributed by atoms with Gasteiger partial charge >= 0.3 is 5.97 Å². The van der Waals surface area contributed by atoms with Gasteiger partial charge in [-0.2, -0.15) is 0 Å². The standard InChI is InChI=1S/C15H27N3O2.HI/c1-3-16-14(17-10-6-13(19)20-2)18-11-9-15(12-18)7-4-5-8-15;/h3-12H2,1-2H3,(H,16,17);1H. The summed E-state index contributed by atoms with van der Waals surface area (Å²) in [6.45, 7) is 5.65. The Balaban J connectivity index is 0.00000220. The molecule has 1 aliphatic carbocycles. The molecule has 1 aliphatic heterocycles. The predicted octanol–water partition coefficient (Wildman–Crippen LogP) is 2.40. The third kappa shape index (κ3) is 5.00. The van der Waals surface area contributed by atoms with Crippen LogP contribution in [0, 0.1) is 5.41 Å². The molecule has 0 aromatic carbocycles. The van der Waals surface area contributed by atoms with Gasteiger partial charge in [0, 0.05) is 19.6 Å². The molecule has 0 atom stereocenters. The van der Waals surface area contributed by atoms with Gasteiger partial charge in [0.2, 0.25) is 0 Å². The van der Waals surface area contributed by atoms with Crippen molar-refractivity contribution in [3.63, 3.8) is 0 Å². The Morgan fingerprint density at radius 3 is 2.67 bits per heavy atom. The first-order chi connectivity index (χ1) is 9.69. The summed E-state index contributed by atoms with van der Waals surface area (Å²) in [5, 5.41) is 3.35. The minimum absolute atomic E-state index is 0. The number of likely N-dealkylation sites (tertiary alicyclic amines) is 1. The molecule has 1 spiro atoms. The summed E-state index contributed by atoms with van der Waals surface area (Å²) in [5.41, 5.74) is 0.540. The van der Waals surface area contributed by atoms with Gasteiger partial charge in [-0.25, -0.2) is 0 Å². The molecule has 0 unspecified atom stereocenters. The molecule has 2 aliphatic rings. The van der Waals surface area contributed by atoms with Crippen molar-refractivity contribution >= 4 is 35.9 Å². The zero-order valence-corrected chi connectivity index (χ0v) is 15.5. The maximum atomic E-state index is 11.2. The van der Waals surface area contributed by atoms with Crippen LogP contribution in [0.2, 0.25) is 0 Å². The average Bonchev–Trinajstić information content (AvgIpc) is 3.08. The highest BCUT2D eigenvalue weighted by Crippen LogP contribution is 2.45. The number of hydrogen-bond donors (Lipinski definition) is 1. The van der Waals surface area contributed by atoms with E-state index in [0.717, 1.165) is 25.6 Å². The lowest BCUT2D eigenvalue weighted by atomic mass is 9.86. The molecule has 0 bridgehead atoms. The van der Waals surface area contributed by atoms with E-state index in [4.69, 9.17) is 0 Å². The molecule has 0 aromatic heterocycles. The van der Waals surface area contributed by atoms with Gasteiger partial charge in [-0.05, 0) is 31.6 Å². The third-order valence-electron chi connectivity index (χ3n) is 4.54. The molecule has 0 radical (unpaired) electrons. The molecule has 5 nitrogen and oxygen atoms in total. The van der Waals surface area contributed by atoms with Crippen LogP contribution in [0.25, 0.3) is 0 Å². The Kier molecular flexibility index (Phi) is 7.76. The lowest BCUT2D eigenvalue weighted by Gasteiger charge is -2.25. The molecule has 1 N–H and O–H groups in total. The van der Waals surface area contributed by atoms with E-state index >= 15 is 0 Å². The number of carbonyl (C=O) groups excluding carboxylic acids is 1. The van der Waals surface area contributed by atoms with Gasteiger partial charge < -0.3 is 15.0 Å². The second kappa shape index (κ2) is 8.80.